The Balaban J connectivity index is 1.54. The molecule has 1 fully saturated rings. The minimum atomic E-state index is -0.214. The van der Waals surface area contributed by atoms with Gasteiger partial charge in [-0.2, -0.15) is 0 Å². The predicted molar refractivity (Wildman–Crippen MR) is 105 cm³/mol. The fourth-order valence-electron chi connectivity index (χ4n) is 3.51. The molecule has 7 nitrogen and oxygen atoms in total. The number of hydrogen-bond donors (Lipinski definition) is 2. The fraction of sp³-hybridized carbons (Fsp3) is 0.500. The predicted octanol–water partition coefficient (Wildman–Crippen LogP) is 1.61. The van der Waals surface area contributed by atoms with E-state index in [0.29, 0.717) is 36.0 Å². The minimum Gasteiger partial charge on any atom is -0.356 e. The number of aryl methyl sites for hydroxylation is 2. The molecule has 1 aliphatic rings. The molecule has 27 heavy (non-hydrogen) atoms. The third-order valence-electron chi connectivity index (χ3n) is 5.02. The van der Waals surface area contributed by atoms with E-state index in [1.807, 2.05) is 25.1 Å². The first-order valence-electron chi connectivity index (χ1n) is 9.58. The Bertz CT molecular complexity index is 834. The smallest absolute Gasteiger partial charge is 0.254 e. The molecule has 0 aliphatic carbocycles. The molecule has 0 saturated carbocycles. The van der Waals surface area contributed by atoms with E-state index in [1.165, 1.54) is 0 Å². The number of carbonyl (C=O) groups excluding carboxylic acids is 1. The van der Waals surface area contributed by atoms with Crippen molar-refractivity contribution in [3.05, 3.63) is 51.8 Å². The van der Waals surface area contributed by atoms with Gasteiger partial charge in [-0.25, -0.2) is 9.97 Å². The van der Waals surface area contributed by atoms with Crippen LogP contribution in [-0.2, 0) is 17.6 Å². The molecule has 0 aromatic carbocycles. The topological polar surface area (TPSA) is 91.0 Å². The molecule has 144 valence electrons. The highest BCUT2D eigenvalue weighted by Gasteiger charge is 2.21. The molecule has 0 radical (unpaired) electrons. The molecular formula is C20H27N5O2. The third-order valence-corrected chi connectivity index (χ3v) is 5.02. The number of nitrogens with zero attached hydrogens (tertiary/aromatic N) is 3. The van der Waals surface area contributed by atoms with Gasteiger partial charge in [-0.15, -0.1) is 0 Å². The van der Waals surface area contributed by atoms with Crippen molar-refractivity contribution >= 4 is 11.7 Å². The Hall–Kier alpha value is -2.70. The van der Waals surface area contributed by atoms with Crippen molar-refractivity contribution in [1.29, 1.82) is 0 Å². The molecule has 1 saturated heterocycles. The van der Waals surface area contributed by atoms with Gasteiger partial charge in [-0.3, -0.25) is 9.59 Å². The minimum absolute atomic E-state index is 0.0643. The second kappa shape index (κ2) is 8.79. The average molecular weight is 369 g/mol. The summed E-state index contributed by atoms with van der Waals surface area (Å²) in [6.45, 7) is 6.19. The maximum atomic E-state index is 12.3. The Labute approximate surface area is 159 Å². The summed E-state index contributed by atoms with van der Waals surface area (Å²) in [6.07, 6.45) is 4.69. The van der Waals surface area contributed by atoms with Gasteiger partial charge in [0, 0.05) is 43.5 Å². The number of piperidine rings is 1. The first kappa shape index (κ1) is 19.1. The molecule has 2 aromatic heterocycles. The first-order valence-corrected chi connectivity index (χ1v) is 9.58. The van der Waals surface area contributed by atoms with Crippen LogP contribution in [0.25, 0.3) is 0 Å². The molecule has 2 N–H and O–H groups in total. The highest BCUT2D eigenvalue weighted by Crippen LogP contribution is 2.20. The van der Waals surface area contributed by atoms with Crippen LogP contribution in [0.5, 0.6) is 0 Å². The van der Waals surface area contributed by atoms with Gasteiger partial charge in [0.1, 0.15) is 11.6 Å². The number of anilines is 1. The molecule has 3 heterocycles. The largest absolute Gasteiger partial charge is 0.356 e. The summed E-state index contributed by atoms with van der Waals surface area (Å²) < 4.78 is 0. The quantitative estimate of drug-likeness (QED) is 0.807. The Morgan fingerprint density at radius 2 is 2.26 bits per heavy atom. The van der Waals surface area contributed by atoms with E-state index < -0.39 is 0 Å². The summed E-state index contributed by atoms with van der Waals surface area (Å²) in [4.78, 5) is 38.3. The lowest BCUT2D eigenvalue weighted by atomic mass is 9.98. The molecular weight excluding hydrogens is 342 g/mol. The summed E-state index contributed by atoms with van der Waals surface area (Å²) in [5.74, 6) is 1.88. The van der Waals surface area contributed by atoms with E-state index in [0.717, 1.165) is 31.7 Å². The van der Waals surface area contributed by atoms with Crippen LogP contribution in [0.15, 0.2) is 29.2 Å². The van der Waals surface area contributed by atoms with Crippen molar-refractivity contribution in [3.8, 4) is 0 Å². The van der Waals surface area contributed by atoms with E-state index in [9.17, 15) is 9.59 Å². The number of carbonyl (C=O) groups is 1. The number of hydrogen-bond acceptors (Lipinski definition) is 5. The highest BCUT2D eigenvalue weighted by atomic mass is 16.2. The number of nitrogens with one attached hydrogen (secondary N) is 2. The van der Waals surface area contributed by atoms with Crippen molar-refractivity contribution in [3.63, 3.8) is 0 Å². The number of aromatic amines is 1. The molecule has 3 rings (SSSR count). The maximum absolute atomic E-state index is 12.3. The summed E-state index contributed by atoms with van der Waals surface area (Å²) >= 11 is 0. The lowest BCUT2D eigenvalue weighted by Crippen LogP contribution is -2.41. The zero-order valence-corrected chi connectivity index (χ0v) is 16.0. The monoisotopic (exact) mass is 369 g/mol. The number of rotatable bonds is 6. The molecule has 0 bridgehead atoms. The van der Waals surface area contributed by atoms with Crippen LogP contribution >= 0.6 is 0 Å². The van der Waals surface area contributed by atoms with Crippen LogP contribution < -0.4 is 15.8 Å². The van der Waals surface area contributed by atoms with E-state index in [1.54, 1.807) is 13.1 Å². The van der Waals surface area contributed by atoms with Gasteiger partial charge in [0.2, 0.25) is 5.91 Å². The molecule has 1 atom stereocenters. The summed E-state index contributed by atoms with van der Waals surface area (Å²) in [5, 5.41) is 2.99. The van der Waals surface area contributed by atoms with E-state index >= 15 is 0 Å². The van der Waals surface area contributed by atoms with E-state index in [2.05, 4.69) is 25.2 Å². The zero-order valence-electron chi connectivity index (χ0n) is 16.0. The van der Waals surface area contributed by atoms with Gasteiger partial charge < -0.3 is 15.2 Å². The summed E-state index contributed by atoms with van der Waals surface area (Å²) in [6, 6.07) is 5.92. The van der Waals surface area contributed by atoms with Crippen LogP contribution in [0.2, 0.25) is 0 Å². The van der Waals surface area contributed by atoms with Gasteiger partial charge in [0.25, 0.3) is 5.56 Å². The second-order valence-electron chi connectivity index (χ2n) is 7.05. The SMILES string of the molecule is CCc1nc(C)c(CC(=O)NC[C@H]2CCCN(c3ccccn3)C2)c(=O)[nH]1. The third kappa shape index (κ3) is 4.93. The van der Waals surface area contributed by atoms with Crippen molar-refractivity contribution in [2.75, 3.05) is 24.5 Å². The van der Waals surface area contributed by atoms with Crippen molar-refractivity contribution in [2.24, 2.45) is 5.92 Å². The molecule has 7 heteroatoms. The standard InChI is InChI=1S/C20H27N5O2/c1-3-17-23-14(2)16(20(27)24-17)11-19(26)22-12-15-7-6-10-25(13-15)18-8-4-5-9-21-18/h4-5,8-9,15H,3,6-7,10-13H2,1-2H3,(H,22,26)(H,23,24,27)/t15-/m1/s1. The van der Waals surface area contributed by atoms with Gasteiger partial charge in [-0.1, -0.05) is 13.0 Å². The van der Waals surface area contributed by atoms with Gasteiger partial charge >= 0.3 is 0 Å². The van der Waals surface area contributed by atoms with Crippen molar-refractivity contribution in [2.45, 2.75) is 39.5 Å². The molecule has 2 aromatic rings. The summed E-state index contributed by atoms with van der Waals surface area (Å²) in [7, 11) is 0. The Morgan fingerprint density at radius 1 is 1.41 bits per heavy atom. The number of aromatic nitrogens is 3. The van der Waals surface area contributed by atoms with Crippen LogP contribution in [0.3, 0.4) is 0 Å². The van der Waals surface area contributed by atoms with Gasteiger partial charge in [-0.05, 0) is 37.8 Å². The Morgan fingerprint density at radius 3 is 2.96 bits per heavy atom. The lowest BCUT2D eigenvalue weighted by molar-refractivity contribution is -0.120. The molecule has 0 unspecified atom stereocenters. The lowest BCUT2D eigenvalue weighted by Gasteiger charge is -2.33. The number of pyridine rings is 1. The number of H-pyrrole nitrogens is 1. The first-order chi connectivity index (χ1) is 13.1. The van der Waals surface area contributed by atoms with Crippen molar-refractivity contribution < 1.29 is 4.79 Å². The summed E-state index contributed by atoms with van der Waals surface area (Å²) in [5.41, 5.74) is 0.863. The second-order valence-corrected chi connectivity index (χ2v) is 7.05. The van der Waals surface area contributed by atoms with Gasteiger partial charge in [0.15, 0.2) is 0 Å². The van der Waals surface area contributed by atoms with E-state index in [-0.39, 0.29) is 17.9 Å². The zero-order chi connectivity index (χ0) is 19.2. The normalized spacial score (nSPS) is 17.0. The number of amides is 1. The van der Waals surface area contributed by atoms with Gasteiger partial charge in [0.05, 0.1) is 6.42 Å². The maximum Gasteiger partial charge on any atom is 0.254 e. The molecule has 1 aliphatic heterocycles. The van der Waals surface area contributed by atoms with Crippen LogP contribution in [0, 0.1) is 12.8 Å². The fourth-order valence-corrected chi connectivity index (χ4v) is 3.51. The van der Waals surface area contributed by atoms with Crippen LogP contribution in [0.1, 0.15) is 36.8 Å². The van der Waals surface area contributed by atoms with Crippen molar-refractivity contribution in [1.82, 2.24) is 20.3 Å². The highest BCUT2D eigenvalue weighted by molar-refractivity contribution is 5.78. The van der Waals surface area contributed by atoms with Crippen LogP contribution in [-0.4, -0.2) is 40.5 Å². The van der Waals surface area contributed by atoms with E-state index in [4.69, 9.17) is 0 Å². The molecule has 0 spiro atoms. The molecule has 1 amide bonds. The average Bonchev–Trinajstić information content (AvgIpc) is 2.70. The Kier molecular flexibility index (Phi) is 6.21. The van der Waals surface area contributed by atoms with Crippen LogP contribution in [0.4, 0.5) is 5.82 Å².